The number of pyridine rings is 1. The molecule has 36 heavy (non-hydrogen) atoms. The second-order valence-electron chi connectivity index (χ2n) is 8.49. The van der Waals surface area contributed by atoms with E-state index in [2.05, 4.69) is 43.1 Å². The number of aromatic nitrogens is 3. The number of hydrogen-bond acceptors (Lipinski definition) is 6. The molecule has 1 atom stereocenters. The largest absolute Gasteiger partial charge is 0.490 e. The third kappa shape index (κ3) is 6.14. The van der Waals surface area contributed by atoms with Gasteiger partial charge in [0.2, 0.25) is 0 Å². The van der Waals surface area contributed by atoms with Gasteiger partial charge in [0.15, 0.2) is 11.6 Å². The maximum absolute atomic E-state index is 15.9. The van der Waals surface area contributed by atoms with Gasteiger partial charge in [0.1, 0.15) is 22.3 Å². The molecule has 0 saturated carbocycles. The van der Waals surface area contributed by atoms with Gasteiger partial charge in [0.05, 0.1) is 12.8 Å². The third-order valence-corrected chi connectivity index (χ3v) is 6.23. The average molecular weight is 556 g/mol. The molecule has 0 aliphatic rings. The Kier molecular flexibility index (Phi) is 8.77. The van der Waals surface area contributed by atoms with Crippen LogP contribution in [0.25, 0.3) is 10.8 Å². The molecule has 4 rings (SSSR count). The summed E-state index contributed by atoms with van der Waals surface area (Å²) < 4.78 is 28.0. The van der Waals surface area contributed by atoms with E-state index in [-0.39, 0.29) is 5.75 Å². The lowest BCUT2D eigenvalue weighted by Crippen LogP contribution is -2.17. The Hall–Kier alpha value is -3.17. The summed E-state index contributed by atoms with van der Waals surface area (Å²) in [7, 11) is 0. The minimum absolute atomic E-state index is 0.231. The Labute approximate surface area is 218 Å². The first-order valence-electron chi connectivity index (χ1n) is 12.1. The summed E-state index contributed by atoms with van der Waals surface area (Å²) in [5.74, 6) is 0.854. The Bertz CT molecular complexity index is 1310. The van der Waals surface area contributed by atoms with Crippen LogP contribution in [0.4, 0.5) is 15.9 Å². The van der Waals surface area contributed by atoms with Crippen LogP contribution in [0.15, 0.2) is 53.4 Å². The number of benzene rings is 2. The van der Waals surface area contributed by atoms with E-state index in [1.165, 1.54) is 0 Å². The van der Waals surface area contributed by atoms with Crippen LogP contribution in [0.1, 0.15) is 49.7 Å². The maximum Gasteiger partial charge on any atom is 0.170 e. The van der Waals surface area contributed by atoms with Crippen LogP contribution in [0.2, 0.25) is 0 Å². The normalized spacial score (nSPS) is 12.1. The molecule has 0 bridgehead atoms. The van der Waals surface area contributed by atoms with Crippen LogP contribution in [0.3, 0.4) is 0 Å². The quantitative estimate of drug-likeness (QED) is 0.175. The monoisotopic (exact) mass is 555 g/mol. The molecule has 4 N–H and O–H groups in total. The average Bonchev–Trinajstić information content (AvgIpc) is 3.31. The fraction of sp³-hybridized carbons (Fsp3) is 0.333. The van der Waals surface area contributed by atoms with Gasteiger partial charge in [0, 0.05) is 42.5 Å². The Balaban J connectivity index is 1.66. The summed E-state index contributed by atoms with van der Waals surface area (Å²) in [6.07, 6.45) is 5.72. The molecule has 1 unspecified atom stereocenters. The maximum atomic E-state index is 15.9. The Morgan fingerprint density at radius 3 is 2.72 bits per heavy atom. The van der Waals surface area contributed by atoms with Crippen molar-refractivity contribution in [3.63, 3.8) is 0 Å². The fourth-order valence-corrected chi connectivity index (χ4v) is 4.30. The highest BCUT2D eigenvalue weighted by Crippen LogP contribution is 2.34. The SMILES string of the molecule is CCCOCCCOc1cc(CC)cc(C(Nc2ccc3c(N)nccc3c2)c2ncc(Br)[nH]2)c1F. The van der Waals surface area contributed by atoms with E-state index in [4.69, 9.17) is 15.2 Å². The summed E-state index contributed by atoms with van der Waals surface area (Å²) in [5, 5.41) is 5.25. The minimum Gasteiger partial charge on any atom is -0.490 e. The van der Waals surface area contributed by atoms with Crippen LogP contribution >= 0.6 is 15.9 Å². The first-order chi connectivity index (χ1) is 17.5. The van der Waals surface area contributed by atoms with Crippen molar-refractivity contribution in [1.29, 1.82) is 0 Å². The highest BCUT2D eigenvalue weighted by Gasteiger charge is 2.24. The number of hydrogen-bond donors (Lipinski definition) is 3. The van der Waals surface area contributed by atoms with Crippen LogP contribution < -0.4 is 15.8 Å². The molecule has 0 amide bonds. The van der Waals surface area contributed by atoms with Gasteiger partial charge in [0.25, 0.3) is 0 Å². The number of fused-ring (bicyclic) bond motifs is 1. The van der Waals surface area contributed by atoms with Crippen LogP contribution in [0, 0.1) is 5.82 Å². The number of aryl methyl sites for hydroxylation is 1. The Morgan fingerprint density at radius 2 is 1.97 bits per heavy atom. The molecule has 2 aromatic carbocycles. The number of anilines is 2. The zero-order valence-electron chi connectivity index (χ0n) is 20.5. The predicted molar refractivity (Wildman–Crippen MR) is 145 cm³/mol. The van der Waals surface area contributed by atoms with E-state index in [1.54, 1.807) is 18.5 Å². The molecule has 0 spiro atoms. The van der Waals surface area contributed by atoms with Crippen molar-refractivity contribution in [3.8, 4) is 5.75 Å². The number of rotatable bonds is 12. The third-order valence-electron chi connectivity index (χ3n) is 5.83. The molecule has 0 aliphatic heterocycles. The lowest BCUT2D eigenvalue weighted by Gasteiger charge is -2.22. The van der Waals surface area contributed by atoms with Crippen LogP contribution in [-0.2, 0) is 11.2 Å². The molecule has 2 heterocycles. The number of ether oxygens (including phenoxy) is 2. The smallest absolute Gasteiger partial charge is 0.170 e. The molecule has 0 radical (unpaired) electrons. The molecule has 2 aromatic heterocycles. The number of H-pyrrole nitrogens is 1. The van der Waals surface area contributed by atoms with E-state index >= 15 is 4.39 Å². The summed E-state index contributed by atoms with van der Waals surface area (Å²) in [6.45, 7) is 5.78. The zero-order chi connectivity index (χ0) is 25.5. The summed E-state index contributed by atoms with van der Waals surface area (Å²) in [4.78, 5) is 11.8. The van der Waals surface area contributed by atoms with E-state index in [9.17, 15) is 0 Å². The first kappa shape index (κ1) is 25.9. The predicted octanol–water partition coefficient (Wildman–Crippen LogP) is 6.40. The van der Waals surface area contributed by atoms with E-state index in [0.717, 1.165) is 34.9 Å². The summed E-state index contributed by atoms with van der Waals surface area (Å²) in [6, 6.07) is 10.7. The number of imidazole rings is 1. The highest BCUT2D eigenvalue weighted by atomic mass is 79.9. The van der Waals surface area contributed by atoms with Gasteiger partial charge in [-0.15, -0.1) is 0 Å². The first-order valence-corrected chi connectivity index (χ1v) is 12.9. The lowest BCUT2D eigenvalue weighted by molar-refractivity contribution is 0.119. The van der Waals surface area contributed by atoms with Crippen molar-refractivity contribution in [3.05, 3.63) is 76.2 Å². The van der Waals surface area contributed by atoms with Crippen molar-refractivity contribution in [2.75, 3.05) is 30.9 Å². The second kappa shape index (κ2) is 12.2. The highest BCUT2D eigenvalue weighted by molar-refractivity contribution is 9.10. The molecule has 9 heteroatoms. The molecule has 7 nitrogen and oxygen atoms in total. The van der Waals surface area contributed by atoms with Gasteiger partial charge < -0.3 is 25.5 Å². The van der Waals surface area contributed by atoms with Crippen molar-refractivity contribution >= 4 is 38.2 Å². The zero-order valence-corrected chi connectivity index (χ0v) is 22.1. The van der Waals surface area contributed by atoms with Gasteiger partial charge in [-0.05, 0) is 70.1 Å². The van der Waals surface area contributed by atoms with Crippen LogP contribution in [0.5, 0.6) is 5.75 Å². The molecule has 4 aromatic rings. The Morgan fingerprint density at radius 1 is 1.11 bits per heavy atom. The number of nitrogens with one attached hydrogen (secondary N) is 2. The van der Waals surface area contributed by atoms with Gasteiger partial charge in [-0.3, -0.25) is 0 Å². The van der Waals surface area contributed by atoms with Crippen molar-refractivity contribution < 1.29 is 13.9 Å². The van der Waals surface area contributed by atoms with E-state index in [1.807, 2.05) is 37.3 Å². The van der Waals surface area contributed by atoms with Gasteiger partial charge in [-0.1, -0.05) is 19.9 Å². The molecule has 0 aliphatic carbocycles. The second-order valence-corrected chi connectivity index (χ2v) is 9.35. The van der Waals surface area contributed by atoms with Gasteiger partial charge in [-0.2, -0.15) is 0 Å². The van der Waals surface area contributed by atoms with E-state index < -0.39 is 11.9 Å². The molecule has 0 fully saturated rings. The van der Waals surface area contributed by atoms with Crippen molar-refractivity contribution in [2.24, 2.45) is 0 Å². The summed E-state index contributed by atoms with van der Waals surface area (Å²) >= 11 is 3.42. The topological polar surface area (TPSA) is 98.1 Å². The standard InChI is InChI=1S/C27H31BrFN5O2/c1-3-10-35-11-5-12-36-22-14-17(4-2)13-21(24(22)29)25(27-32-16-23(28)34-27)33-19-6-7-20-18(15-19)8-9-31-26(20)30/h6-9,13-16,25,33H,3-5,10-12H2,1-2H3,(H2,30,31)(H,32,34). The minimum atomic E-state index is -0.588. The van der Waals surface area contributed by atoms with Gasteiger partial charge >= 0.3 is 0 Å². The molecule has 0 saturated heterocycles. The van der Waals surface area contributed by atoms with Crippen molar-refractivity contribution in [1.82, 2.24) is 15.0 Å². The molecule has 190 valence electrons. The summed E-state index contributed by atoms with van der Waals surface area (Å²) in [5.41, 5.74) is 8.22. The van der Waals surface area contributed by atoms with Gasteiger partial charge in [-0.25, -0.2) is 14.4 Å². The molecular formula is C27H31BrFN5O2. The number of nitrogens with zero attached hydrogens (tertiary/aromatic N) is 2. The lowest BCUT2D eigenvalue weighted by atomic mass is 9.99. The number of nitrogens with two attached hydrogens (primary N) is 1. The number of nitrogen functional groups attached to an aromatic ring is 1. The van der Waals surface area contributed by atoms with Crippen molar-refractivity contribution in [2.45, 2.75) is 39.2 Å². The number of halogens is 2. The van der Waals surface area contributed by atoms with Crippen LogP contribution in [-0.4, -0.2) is 34.8 Å². The fourth-order valence-electron chi connectivity index (χ4n) is 4.00. The number of aromatic amines is 1. The molecular weight excluding hydrogens is 525 g/mol. The van der Waals surface area contributed by atoms with E-state index in [0.29, 0.717) is 48.1 Å².